The van der Waals surface area contributed by atoms with Crippen LogP contribution >= 0.6 is 0 Å². The van der Waals surface area contributed by atoms with Crippen molar-refractivity contribution in [3.63, 3.8) is 0 Å². The van der Waals surface area contributed by atoms with Crippen molar-refractivity contribution < 1.29 is 4.74 Å². The minimum absolute atomic E-state index is 0.0438. The summed E-state index contributed by atoms with van der Waals surface area (Å²) in [6.07, 6.45) is 3.14. The third-order valence-corrected chi connectivity index (χ3v) is 3.36. The molecule has 0 amide bonds. The highest BCUT2D eigenvalue weighted by Gasteiger charge is 2.26. The van der Waals surface area contributed by atoms with Crippen LogP contribution in [0.2, 0.25) is 0 Å². The molecule has 0 fully saturated rings. The second-order valence-electron chi connectivity index (χ2n) is 5.29. The van der Waals surface area contributed by atoms with Crippen LogP contribution in [0.1, 0.15) is 53.9 Å². The van der Waals surface area contributed by atoms with Crippen molar-refractivity contribution >= 4 is 0 Å². The van der Waals surface area contributed by atoms with Crippen LogP contribution < -0.4 is 5.73 Å². The molecule has 0 aromatic rings. The van der Waals surface area contributed by atoms with Crippen LogP contribution in [0.5, 0.6) is 0 Å². The van der Waals surface area contributed by atoms with Gasteiger partial charge in [0.15, 0.2) is 0 Å². The predicted molar refractivity (Wildman–Crippen MR) is 66.9 cm³/mol. The maximum atomic E-state index is 6.30. The molecule has 1 unspecified atom stereocenters. The summed E-state index contributed by atoms with van der Waals surface area (Å²) in [7, 11) is 0. The molecule has 0 aliphatic rings. The first-order valence-electron chi connectivity index (χ1n) is 6.29. The van der Waals surface area contributed by atoms with Gasteiger partial charge in [-0.3, -0.25) is 0 Å². The lowest BCUT2D eigenvalue weighted by Crippen LogP contribution is -2.45. The SMILES string of the molecule is CCC(N)(CCOCCC(C)C)C(C)C. The van der Waals surface area contributed by atoms with E-state index < -0.39 is 0 Å². The highest BCUT2D eigenvalue weighted by atomic mass is 16.5. The Morgan fingerprint density at radius 2 is 1.73 bits per heavy atom. The second kappa shape index (κ2) is 7.24. The minimum Gasteiger partial charge on any atom is -0.381 e. The summed E-state index contributed by atoms with van der Waals surface area (Å²) >= 11 is 0. The summed E-state index contributed by atoms with van der Waals surface area (Å²) in [5, 5.41) is 0. The van der Waals surface area contributed by atoms with Gasteiger partial charge in [0.25, 0.3) is 0 Å². The predicted octanol–water partition coefficient (Wildman–Crippen LogP) is 3.20. The van der Waals surface area contributed by atoms with Crippen molar-refractivity contribution in [2.24, 2.45) is 17.6 Å². The van der Waals surface area contributed by atoms with Gasteiger partial charge in [0.2, 0.25) is 0 Å². The number of rotatable bonds is 8. The zero-order chi connectivity index (χ0) is 11.9. The summed E-state index contributed by atoms with van der Waals surface area (Å²) in [6.45, 7) is 12.7. The average molecular weight is 215 g/mol. The van der Waals surface area contributed by atoms with E-state index in [1.54, 1.807) is 0 Å². The fourth-order valence-corrected chi connectivity index (χ4v) is 1.56. The van der Waals surface area contributed by atoms with Gasteiger partial charge in [-0.1, -0.05) is 34.6 Å². The van der Waals surface area contributed by atoms with E-state index >= 15 is 0 Å². The van der Waals surface area contributed by atoms with Gasteiger partial charge in [-0.25, -0.2) is 0 Å². The van der Waals surface area contributed by atoms with Gasteiger partial charge >= 0.3 is 0 Å². The molecule has 1 atom stereocenters. The van der Waals surface area contributed by atoms with Crippen molar-refractivity contribution in [1.29, 1.82) is 0 Å². The molecule has 2 N–H and O–H groups in total. The number of hydrogen-bond donors (Lipinski definition) is 1. The van der Waals surface area contributed by atoms with Gasteiger partial charge in [0.05, 0.1) is 0 Å². The molecule has 15 heavy (non-hydrogen) atoms. The first-order chi connectivity index (χ1) is 6.92. The van der Waals surface area contributed by atoms with Crippen LogP contribution in [0.3, 0.4) is 0 Å². The molecule has 0 spiro atoms. The van der Waals surface area contributed by atoms with Crippen LogP contribution in [0, 0.1) is 11.8 Å². The number of hydrogen-bond acceptors (Lipinski definition) is 2. The lowest BCUT2D eigenvalue weighted by Gasteiger charge is -2.32. The van der Waals surface area contributed by atoms with E-state index in [-0.39, 0.29) is 5.54 Å². The molecule has 0 rings (SSSR count). The fourth-order valence-electron chi connectivity index (χ4n) is 1.56. The van der Waals surface area contributed by atoms with E-state index in [0.29, 0.717) is 5.92 Å². The first kappa shape index (κ1) is 14.9. The van der Waals surface area contributed by atoms with Crippen molar-refractivity contribution in [3.05, 3.63) is 0 Å². The molecule has 2 heteroatoms. The monoisotopic (exact) mass is 215 g/mol. The standard InChI is InChI=1S/C13H29NO/c1-6-13(14,12(4)5)8-10-15-9-7-11(2)3/h11-12H,6-10,14H2,1-5H3. The molecule has 0 aliphatic heterocycles. The molecule has 0 radical (unpaired) electrons. The highest BCUT2D eigenvalue weighted by Crippen LogP contribution is 2.21. The molecule has 0 aliphatic carbocycles. The van der Waals surface area contributed by atoms with Gasteiger partial charge in [-0.05, 0) is 31.1 Å². The highest BCUT2D eigenvalue weighted by molar-refractivity contribution is 4.85. The van der Waals surface area contributed by atoms with Gasteiger partial charge in [-0.15, -0.1) is 0 Å². The Kier molecular flexibility index (Phi) is 7.20. The van der Waals surface area contributed by atoms with E-state index in [4.69, 9.17) is 10.5 Å². The van der Waals surface area contributed by atoms with Crippen molar-refractivity contribution in [3.8, 4) is 0 Å². The quantitative estimate of drug-likeness (QED) is 0.631. The molecular formula is C13H29NO. The molecule has 0 bridgehead atoms. The van der Waals surface area contributed by atoms with Crippen LogP contribution in [-0.2, 0) is 4.74 Å². The van der Waals surface area contributed by atoms with E-state index in [0.717, 1.165) is 38.4 Å². The van der Waals surface area contributed by atoms with Crippen molar-refractivity contribution in [2.45, 2.75) is 59.4 Å². The fraction of sp³-hybridized carbons (Fsp3) is 1.00. The number of ether oxygens (including phenoxy) is 1. The molecule has 0 aromatic heterocycles. The lowest BCUT2D eigenvalue weighted by molar-refractivity contribution is 0.0950. The van der Waals surface area contributed by atoms with E-state index in [1.807, 2.05) is 0 Å². The maximum absolute atomic E-state index is 6.30. The normalized spacial score (nSPS) is 16.0. The molecule has 92 valence electrons. The average Bonchev–Trinajstić information content (AvgIpc) is 2.16. The topological polar surface area (TPSA) is 35.2 Å². The van der Waals surface area contributed by atoms with E-state index in [1.165, 1.54) is 0 Å². The summed E-state index contributed by atoms with van der Waals surface area (Å²) < 4.78 is 5.61. The van der Waals surface area contributed by atoms with Crippen molar-refractivity contribution in [2.75, 3.05) is 13.2 Å². The van der Waals surface area contributed by atoms with E-state index in [2.05, 4.69) is 34.6 Å². The Labute approximate surface area is 95.6 Å². The summed E-state index contributed by atoms with van der Waals surface area (Å²) in [6, 6.07) is 0. The van der Waals surface area contributed by atoms with Gasteiger partial charge in [0, 0.05) is 18.8 Å². The van der Waals surface area contributed by atoms with Crippen LogP contribution in [0.4, 0.5) is 0 Å². The third kappa shape index (κ3) is 6.16. The lowest BCUT2D eigenvalue weighted by atomic mass is 9.82. The number of nitrogens with two attached hydrogens (primary N) is 1. The minimum atomic E-state index is -0.0438. The summed E-state index contributed by atoms with van der Waals surface area (Å²) in [4.78, 5) is 0. The molecule has 0 heterocycles. The smallest absolute Gasteiger partial charge is 0.0483 e. The zero-order valence-electron chi connectivity index (χ0n) is 11.2. The molecule has 0 saturated heterocycles. The molecular weight excluding hydrogens is 186 g/mol. The van der Waals surface area contributed by atoms with Gasteiger partial charge < -0.3 is 10.5 Å². The summed E-state index contributed by atoms with van der Waals surface area (Å²) in [5.74, 6) is 1.25. The Hall–Kier alpha value is -0.0800. The molecule has 2 nitrogen and oxygen atoms in total. The Morgan fingerprint density at radius 3 is 2.13 bits per heavy atom. The van der Waals surface area contributed by atoms with Crippen LogP contribution in [-0.4, -0.2) is 18.8 Å². The Morgan fingerprint density at radius 1 is 1.13 bits per heavy atom. The van der Waals surface area contributed by atoms with Crippen LogP contribution in [0.25, 0.3) is 0 Å². The summed E-state index contributed by atoms with van der Waals surface area (Å²) in [5.41, 5.74) is 6.26. The largest absolute Gasteiger partial charge is 0.381 e. The van der Waals surface area contributed by atoms with Crippen LogP contribution in [0.15, 0.2) is 0 Å². The zero-order valence-corrected chi connectivity index (χ0v) is 11.2. The molecule has 0 aromatic carbocycles. The maximum Gasteiger partial charge on any atom is 0.0483 e. The van der Waals surface area contributed by atoms with Gasteiger partial charge in [-0.2, -0.15) is 0 Å². The first-order valence-corrected chi connectivity index (χ1v) is 6.29. The third-order valence-electron chi connectivity index (χ3n) is 3.36. The van der Waals surface area contributed by atoms with Gasteiger partial charge in [0.1, 0.15) is 0 Å². The van der Waals surface area contributed by atoms with Crippen molar-refractivity contribution in [1.82, 2.24) is 0 Å². The van der Waals surface area contributed by atoms with E-state index in [9.17, 15) is 0 Å². The Balaban J connectivity index is 3.64. The second-order valence-corrected chi connectivity index (χ2v) is 5.29. The molecule has 0 saturated carbocycles. The Bertz CT molecular complexity index is 157.